The van der Waals surface area contributed by atoms with Gasteiger partial charge < -0.3 is 0 Å². The summed E-state index contributed by atoms with van der Waals surface area (Å²) in [6, 6.07) is 9.79. The summed E-state index contributed by atoms with van der Waals surface area (Å²) in [5.41, 5.74) is 1.70. The highest BCUT2D eigenvalue weighted by atomic mass is 14.9. The Hall–Kier alpha value is -2.14. The normalized spacial score (nSPS) is 9.36. The quantitative estimate of drug-likeness (QED) is 0.628. The van der Waals surface area contributed by atoms with Crippen molar-refractivity contribution in [3.63, 3.8) is 0 Å². The molecule has 2 aromatic rings. The van der Waals surface area contributed by atoms with Gasteiger partial charge in [0.1, 0.15) is 0 Å². The second-order valence-electron chi connectivity index (χ2n) is 2.81. The van der Waals surface area contributed by atoms with Crippen molar-refractivity contribution in [3.8, 4) is 23.7 Å². The molecular weight excluding hydrogens is 172 g/mol. The molecule has 0 aliphatic carbocycles. The molecule has 0 saturated carbocycles. The molecule has 0 aliphatic rings. The van der Waals surface area contributed by atoms with Gasteiger partial charge in [0.25, 0.3) is 0 Å². The predicted molar refractivity (Wildman–Crippen MR) is 55.4 cm³/mol. The molecule has 0 bridgehead atoms. The summed E-state index contributed by atoms with van der Waals surface area (Å²) < 4.78 is 0. The molecular formula is C12H8N2. The molecule has 1 aromatic carbocycles. The van der Waals surface area contributed by atoms with Crippen LogP contribution in [0.1, 0.15) is 5.56 Å². The Morgan fingerprint density at radius 2 is 1.64 bits per heavy atom. The minimum absolute atomic E-state index is 0.699. The Morgan fingerprint density at radius 3 is 2.21 bits per heavy atom. The average Bonchev–Trinajstić information content (AvgIpc) is 2.30. The third-order valence-electron chi connectivity index (χ3n) is 1.85. The molecule has 0 atom stereocenters. The van der Waals surface area contributed by atoms with Crippen molar-refractivity contribution in [3.05, 3.63) is 48.3 Å². The molecule has 2 rings (SSSR count). The van der Waals surface area contributed by atoms with Gasteiger partial charge in [0.15, 0.2) is 5.82 Å². The van der Waals surface area contributed by atoms with Crippen LogP contribution in [0, 0.1) is 12.3 Å². The maximum atomic E-state index is 5.21. The highest BCUT2D eigenvalue weighted by Crippen LogP contribution is 2.12. The van der Waals surface area contributed by atoms with Gasteiger partial charge in [-0.05, 0) is 0 Å². The third-order valence-corrected chi connectivity index (χ3v) is 1.85. The molecule has 0 saturated heterocycles. The van der Waals surface area contributed by atoms with Crippen molar-refractivity contribution in [2.75, 3.05) is 0 Å². The van der Waals surface area contributed by atoms with Crippen LogP contribution in [0.2, 0.25) is 0 Å². The molecule has 0 fully saturated rings. The number of hydrogen-bond acceptors (Lipinski definition) is 2. The molecule has 0 N–H and O–H groups in total. The van der Waals surface area contributed by atoms with Crippen molar-refractivity contribution >= 4 is 0 Å². The fourth-order valence-electron chi connectivity index (χ4n) is 1.14. The van der Waals surface area contributed by atoms with Crippen LogP contribution in [0.15, 0.2) is 42.7 Å². The zero-order chi connectivity index (χ0) is 9.80. The van der Waals surface area contributed by atoms with Gasteiger partial charge in [-0.1, -0.05) is 36.3 Å². The van der Waals surface area contributed by atoms with E-state index in [1.54, 1.807) is 12.4 Å². The van der Waals surface area contributed by atoms with Crippen molar-refractivity contribution < 1.29 is 0 Å². The van der Waals surface area contributed by atoms with Gasteiger partial charge in [0, 0.05) is 18.0 Å². The third kappa shape index (κ3) is 1.62. The summed E-state index contributed by atoms with van der Waals surface area (Å²) in [7, 11) is 0. The lowest BCUT2D eigenvalue weighted by Gasteiger charge is -1.98. The summed E-state index contributed by atoms with van der Waals surface area (Å²) in [5, 5.41) is 0. The predicted octanol–water partition coefficient (Wildman–Crippen LogP) is 2.12. The van der Waals surface area contributed by atoms with Gasteiger partial charge in [-0.15, -0.1) is 6.42 Å². The van der Waals surface area contributed by atoms with Crippen LogP contribution in [0.4, 0.5) is 0 Å². The Kier molecular flexibility index (Phi) is 2.24. The second-order valence-corrected chi connectivity index (χ2v) is 2.81. The largest absolute Gasteiger partial charge is 0.235 e. The van der Waals surface area contributed by atoms with Gasteiger partial charge >= 0.3 is 0 Å². The maximum Gasteiger partial charge on any atom is 0.159 e. The zero-order valence-corrected chi connectivity index (χ0v) is 7.51. The Balaban J connectivity index is 2.40. The summed E-state index contributed by atoms with van der Waals surface area (Å²) >= 11 is 0. The van der Waals surface area contributed by atoms with Gasteiger partial charge in [-0.2, -0.15) is 0 Å². The van der Waals surface area contributed by atoms with E-state index in [9.17, 15) is 0 Å². The first-order valence-electron chi connectivity index (χ1n) is 4.24. The molecule has 66 valence electrons. The smallest absolute Gasteiger partial charge is 0.159 e. The minimum atomic E-state index is 0.699. The number of hydrogen-bond donors (Lipinski definition) is 0. The number of aromatic nitrogens is 2. The SMILES string of the molecule is C#Cc1cnc(-c2ccccc2)nc1. The number of benzene rings is 1. The molecule has 0 unspecified atom stereocenters. The molecule has 14 heavy (non-hydrogen) atoms. The number of terminal acetylenes is 1. The van der Waals surface area contributed by atoms with E-state index in [0.717, 1.165) is 5.56 Å². The summed E-state index contributed by atoms with van der Waals surface area (Å²) in [4.78, 5) is 8.33. The minimum Gasteiger partial charge on any atom is -0.235 e. The Labute approximate surface area is 82.7 Å². The highest BCUT2D eigenvalue weighted by molar-refractivity contribution is 5.54. The van der Waals surface area contributed by atoms with Crippen LogP contribution in [0.5, 0.6) is 0 Å². The standard InChI is InChI=1S/C12H8N2/c1-2-10-8-13-12(14-9-10)11-6-4-3-5-7-11/h1,3-9H. The molecule has 2 nitrogen and oxygen atoms in total. The van der Waals surface area contributed by atoms with Crippen LogP contribution in [-0.2, 0) is 0 Å². The van der Waals surface area contributed by atoms with Crippen LogP contribution in [-0.4, -0.2) is 9.97 Å². The van der Waals surface area contributed by atoms with E-state index >= 15 is 0 Å². The second kappa shape index (κ2) is 3.71. The fraction of sp³-hybridized carbons (Fsp3) is 0. The molecule has 0 aliphatic heterocycles. The molecule has 2 heteroatoms. The van der Waals surface area contributed by atoms with Crippen LogP contribution >= 0.6 is 0 Å². The van der Waals surface area contributed by atoms with E-state index < -0.39 is 0 Å². The first-order chi connectivity index (χ1) is 6.90. The summed E-state index contributed by atoms with van der Waals surface area (Å²) in [6.07, 6.45) is 8.50. The van der Waals surface area contributed by atoms with Gasteiger partial charge in [-0.25, -0.2) is 9.97 Å². The Bertz CT molecular complexity index is 452. The molecule has 1 aromatic heterocycles. The molecule has 1 heterocycles. The number of nitrogens with zero attached hydrogens (tertiary/aromatic N) is 2. The van der Waals surface area contributed by atoms with Gasteiger partial charge in [0.2, 0.25) is 0 Å². The first kappa shape index (κ1) is 8.46. The zero-order valence-electron chi connectivity index (χ0n) is 7.51. The maximum absolute atomic E-state index is 5.21. The van der Waals surface area contributed by atoms with Crippen molar-refractivity contribution in [1.82, 2.24) is 9.97 Å². The van der Waals surface area contributed by atoms with Crippen LogP contribution in [0.3, 0.4) is 0 Å². The van der Waals surface area contributed by atoms with Crippen LogP contribution in [0.25, 0.3) is 11.4 Å². The van der Waals surface area contributed by atoms with E-state index in [1.165, 1.54) is 0 Å². The number of rotatable bonds is 1. The van der Waals surface area contributed by atoms with E-state index in [1.807, 2.05) is 30.3 Å². The van der Waals surface area contributed by atoms with Crippen molar-refractivity contribution in [1.29, 1.82) is 0 Å². The lowest BCUT2D eigenvalue weighted by Crippen LogP contribution is -1.88. The topological polar surface area (TPSA) is 25.8 Å². The lowest BCUT2D eigenvalue weighted by atomic mass is 10.2. The summed E-state index contributed by atoms with van der Waals surface area (Å²) in [6.45, 7) is 0. The van der Waals surface area contributed by atoms with E-state index in [2.05, 4.69) is 15.9 Å². The monoisotopic (exact) mass is 180 g/mol. The highest BCUT2D eigenvalue weighted by Gasteiger charge is 1.98. The fourth-order valence-corrected chi connectivity index (χ4v) is 1.14. The average molecular weight is 180 g/mol. The molecule has 0 spiro atoms. The lowest BCUT2D eigenvalue weighted by molar-refractivity contribution is 1.16. The van der Waals surface area contributed by atoms with Gasteiger partial charge in [0.05, 0.1) is 5.56 Å². The van der Waals surface area contributed by atoms with Gasteiger partial charge in [-0.3, -0.25) is 0 Å². The first-order valence-corrected chi connectivity index (χ1v) is 4.24. The van der Waals surface area contributed by atoms with Crippen molar-refractivity contribution in [2.45, 2.75) is 0 Å². The van der Waals surface area contributed by atoms with E-state index in [-0.39, 0.29) is 0 Å². The van der Waals surface area contributed by atoms with Crippen LogP contribution < -0.4 is 0 Å². The molecule has 0 radical (unpaired) electrons. The summed E-state index contributed by atoms with van der Waals surface area (Å²) in [5.74, 6) is 3.18. The van der Waals surface area contributed by atoms with E-state index in [4.69, 9.17) is 6.42 Å². The van der Waals surface area contributed by atoms with Crippen molar-refractivity contribution in [2.24, 2.45) is 0 Å². The van der Waals surface area contributed by atoms with E-state index in [0.29, 0.717) is 11.4 Å². The molecule has 0 amide bonds. The Morgan fingerprint density at radius 1 is 1.00 bits per heavy atom.